The average molecular weight is 896 g/mol. The summed E-state index contributed by atoms with van der Waals surface area (Å²) in [5, 5.41) is 2.74. The Morgan fingerprint density at radius 3 is 2.43 bits per heavy atom. The zero-order valence-corrected chi connectivity index (χ0v) is 39.2. The van der Waals surface area contributed by atoms with Crippen LogP contribution in [0.25, 0.3) is 44.8 Å². The molecule has 3 aromatic carbocycles. The lowest BCUT2D eigenvalue weighted by Crippen LogP contribution is -2.48. The van der Waals surface area contributed by atoms with Gasteiger partial charge in [0.2, 0.25) is 5.91 Å². The number of likely N-dealkylation sites (tertiary alicyclic amines) is 1. The Labute approximate surface area is 380 Å². The van der Waals surface area contributed by atoms with Gasteiger partial charge in [0.1, 0.15) is 30.0 Å². The summed E-state index contributed by atoms with van der Waals surface area (Å²) >= 11 is 0. The fraction of sp³-hybridized carbons (Fsp3) is 0.408. The van der Waals surface area contributed by atoms with E-state index in [0.29, 0.717) is 45.0 Å². The van der Waals surface area contributed by atoms with Crippen molar-refractivity contribution in [3.05, 3.63) is 102 Å². The minimum absolute atomic E-state index is 0.176. The highest BCUT2D eigenvalue weighted by Gasteiger charge is 2.43. The third kappa shape index (κ3) is 9.14. The number of carbonyl (C=O) groups excluding carboxylic acids is 3. The first-order valence-corrected chi connectivity index (χ1v) is 26.2. The van der Waals surface area contributed by atoms with E-state index < -0.39 is 25.8 Å². The van der Waals surface area contributed by atoms with Gasteiger partial charge in [0, 0.05) is 38.8 Å². The van der Waals surface area contributed by atoms with Crippen LogP contribution in [0.5, 0.6) is 0 Å². The number of imidazole rings is 2. The Hall–Kier alpha value is -6.39. The lowest BCUT2D eigenvalue weighted by molar-refractivity contribution is -0.121. The summed E-state index contributed by atoms with van der Waals surface area (Å²) in [7, 11) is -0.0126. The van der Waals surface area contributed by atoms with E-state index in [1.165, 1.54) is 7.11 Å². The second-order valence-corrected chi connectivity index (χ2v) is 25.0. The zero-order valence-electron chi connectivity index (χ0n) is 38.2. The maximum atomic E-state index is 14.0. The molecule has 1 fully saturated rings. The number of fused-ring (bicyclic) bond motifs is 1. The van der Waals surface area contributed by atoms with Crippen LogP contribution < -0.4 is 10.2 Å². The number of methoxy groups -OCH3 is 1. The number of hydrogen-bond acceptors (Lipinski definition) is 10. The number of aromatic amines is 1. The van der Waals surface area contributed by atoms with E-state index in [1.54, 1.807) is 22.2 Å². The lowest BCUT2D eigenvalue weighted by Gasteiger charge is -2.29. The topological polar surface area (TPSA) is 170 Å². The van der Waals surface area contributed by atoms with Crippen molar-refractivity contribution >= 4 is 42.9 Å². The first-order chi connectivity index (χ1) is 31.1. The summed E-state index contributed by atoms with van der Waals surface area (Å²) in [6.07, 6.45) is 7.91. The molecule has 3 atom stereocenters. The van der Waals surface area contributed by atoms with Crippen molar-refractivity contribution in [1.82, 2.24) is 39.7 Å². The Morgan fingerprint density at radius 1 is 0.892 bits per heavy atom. The van der Waals surface area contributed by atoms with Crippen molar-refractivity contribution in [2.45, 2.75) is 109 Å². The Bertz CT molecular complexity index is 2750. The van der Waals surface area contributed by atoms with Crippen molar-refractivity contribution in [2.24, 2.45) is 0 Å². The Morgan fingerprint density at radius 2 is 1.66 bits per heavy atom. The summed E-state index contributed by atoms with van der Waals surface area (Å²) in [6.45, 7) is 14.3. The number of benzene rings is 3. The van der Waals surface area contributed by atoms with E-state index in [1.807, 2.05) is 75.5 Å². The molecule has 1 saturated heterocycles. The number of amides is 3. The molecule has 3 aromatic heterocycles. The maximum Gasteiger partial charge on any atom is 0.410 e. The number of nitrogens with one attached hydrogen (secondary N) is 2. The molecule has 0 spiro atoms. The monoisotopic (exact) mass is 895 g/mol. The average Bonchev–Trinajstić information content (AvgIpc) is 4.10. The maximum absolute atomic E-state index is 14.0. The first-order valence-electron chi connectivity index (χ1n) is 22.5. The van der Waals surface area contributed by atoms with Gasteiger partial charge in [-0.25, -0.2) is 24.5 Å². The molecule has 338 valence electrons. The number of ether oxygens (including phenoxy) is 3. The molecule has 15 nitrogen and oxygen atoms in total. The highest BCUT2D eigenvalue weighted by atomic mass is 28.3. The summed E-state index contributed by atoms with van der Waals surface area (Å²) in [4.78, 5) is 66.2. The van der Waals surface area contributed by atoms with E-state index in [0.717, 1.165) is 86.3 Å². The number of aromatic nitrogens is 6. The molecule has 0 bridgehead atoms. The molecule has 0 radical (unpaired) electrons. The Kier molecular flexibility index (Phi) is 11.8. The van der Waals surface area contributed by atoms with Crippen molar-refractivity contribution in [1.29, 1.82) is 0 Å². The number of aryl methyl sites for hydroxylation is 1. The highest BCUT2D eigenvalue weighted by molar-refractivity contribution is 6.76. The van der Waals surface area contributed by atoms with E-state index in [-0.39, 0.29) is 24.1 Å². The normalized spacial score (nSPS) is 18.5. The van der Waals surface area contributed by atoms with Gasteiger partial charge in [-0.3, -0.25) is 19.6 Å². The highest BCUT2D eigenvalue weighted by Crippen LogP contribution is 2.45. The van der Waals surface area contributed by atoms with E-state index >= 15 is 0 Å². The van der Waals surface area contributed by atoms with Gasteiger partial charge in [0.05, 0.1) is 71.6 Å². The van der Waals surface area contributed by atoms with Gasteiger partial charge < -0.3 is 29.1 Å². The van der Waals surface area contributed by atoms with Gasteiger partial charge in [-0.2, -0.15) is 0 Å². The number of anilines is 1. The van der Waals surface area contributed by atoms with Crippen LogP contribution >= 0.6 is 0 Å². The fourth-order valence-electron chi connectivity index (χ4n) is 9.10. The second-order valence-electron chi connectivity index (χ2n) is 19.4. The van der Waals surface area contributed by atoms with Gasteiger partial charge in [-0.1, -0.05) is 68.2 Å². The summed E-state index contributed by atoms with van der Waals surface area (Å²) in [5.41, 5.74) is 9.19. The molecule has 3 aliphatic rings. The smallest absolute Gasteiger partial charge is 0.410 e. The van der Waals surface area contributed by atoms with Gasteiger partial charge in [-0.15, -0.1) is 0 Å². The third-order valence-electron chi connectivity index (χ3n) is 12.4. The van der Waals surface area contributed by atoms with Crippen LogP contribution in [0.1, 0.15) is 74.9 Å². The third-order valence-corrected chi connectivity index (χ3v) is 14.1. The van der Waals surface area contributed by atoms with Crippen LogP contribution in [0.2, 0.25) is 25.7 Å². The summed E-state index contributed by atoms with van der Waals surface area (Å²) < 4.78 is 19.0. The minimum atomic E-state index is -1.31. The molecule has 0 aliphatic carbocycles. The molecule has 3 amide bonds. The predicted molar refractivity (Wildman–Crippen MR) is 251 cm³/mol. The molecule has 2 N–H and O–H groups in total. The number of H-pyrrole nitrogens is 1. The number of hydrogen-bond donors (Lipinski definition) is 2. The van der Waals surface area contributed by atoms with Crippen LogP contribution in [0.4, 0.5) is 15.3 Å². The SMILES string of the molecule is COC(=O)N[C@H]1CCc2cccc3c2N(C1=O)C(c1ncc(-c2ccc(-c4cnc5cc(-c6cnc([C@@H]7CCCN7C(=O)OC(C)(C)C)n6COCC[Si](C)(C)C)ccc5n4)cc2)[nH]1)C3. The number of rotatable bonds is 11. The van der Waals surface area contributed by atoms with Crippen molar-refractivity contribution in [3.63, 3.8) is 0 Å². The van der Waals surface area contributed by atoms with Gasteiger partial charge in [0.15, 0.2) is 0 Å². The van der Waals surface area contributed by atoms with Crippen LogP contribution in [0.15, 0.2) is 79.3 Å². The second kappa shape index (κ2) is 17.5. The minimum Gasteiger partial charge on any atom is -0.453 e. The molecule has 9 rings (SSSR count). The predicted octanol–water partition coefficient (Wildman–Crippen LogP) is 9.24. The number of alkyl carbamates (subject to hydrolysis) is 1. The van der Waals surface area contributed by atoms with Crippen LogP contribution in [0, 0.1) is 0 Å². The van der Waals surface area contributed by atoms with Crippen LogP contribution in [-0.4, -0.2) is 92.5 Å². The van der Waals surface area contributed by atoms with E-state index in [2.05, 4.69) is 46.6 Å². The lowest BCUT2D eigenvalue weighted by atomic mass is 10.0. The van der Waals surface area contributed by atoms with E-state index in [9.17, 15) is 14.4 Å². The van der Waals surface area contributed by atoms with E-state index in [4.69, 9.17) is 34.1 Å². The molecule has 0 saturated carbocycles. The molecular weight excluding hydrogens is 839 g/mol. The Balaban J connectivity index is 0.938. The molecular formula is C49H57N9O6Si. The van der Waals surface area contributed by atoms with Crippen molar-refractivity contribution in [3.8, 4) is 33.8 Å². The molecule has 3 aliphatic heterocycles. The summed E-state index contributed by atoms with van der Waals surface area (Å²) in [6, 6.07) is 20.0. The summed E-state index contributed by atoms with van der Waals surface area (Å²) in [5.74, 6) is 1.28. The zero-order chi connectivity index (χ0) is 45.6. The molecule has 1 unspecified atom stereocenters. The largest absolute Gasteiger partial charge is 0.453 e. The quantitative estimate of drug-likeness (QED) is 0.0945. The number of carbonyl (C=O) groups is 3. The van der Waals surface area contributed by atoms with Crippen molar-refractivity contribution < 1.29 is 28.6 Å². The van der Waals surface area contributed by atoms with Gasteiger partial charge in [0.25, 0.3) is 0 Å². The first kappa shape index (κ1) is 43.8. The van der Waals surface area contributed by atoms with Gasteiger partial charge in [-0.05, 0) is 81.3 Å². The number of nitrogens with zero attached hydrogens (tertiary/aromatic N) is 7. The fourth-order valence-corrected chi connectivity index (χ4v) is 9.85. The standard InChI is InChI=1S/C49H57N9O6Si/c1-49(2,3)64-48(61)56-21-9-12-40(56)45-52-28-42(57(45)29-63-22-23-65(5,6)7)33-18-19-35-37(24-33)50-26-38(53-35)30-13-15-31(16-14-30)39-27-51-44(54-39)41-25-34-11-8-10-32-17-20-36(55-47(60)62-4)46(59)58(41)43(32)34/h8,10-11,13-16,18-19,24,26-28,36,40-41H,9,12,17,20-23,25,29H2,1-7H3,(H,51,54)(H,55,60)/t36-,40-,41?/m0/s1. The van der Waals surface area contributed by atoms with Gasteiger partial charge >= 0.3 is 12.2 Å². The molecule has 16 heteroatoms. The molecule has 65 heavy (non-hydrogen) atoms. The molecule has 6 heterocycles. The van der Waals surface area contributed by atoms with Crippen LogP contribution in [0.3, 0.4) is 0 Å². The van der Waals surface area contributed by atoms with Crippen LogP contribution in [-0.2, 0) is 38.6 Å². The molecule has 6 aromatic rings. The number of para-hydroxylation sites is 1. The van der Waals surface area contributed by atoms with Crippen molar-refractivity contribution in [2.75, 3.05) is 25.2 Å².